The Morgan fingerprint density at radius 2 is 2.22 bits per heavy atom. The molecule has 9 nitrogen and oxygen atoms in total. The van der Waals surface area contributed by atoms with Crippen LogP contribution in [-0.4, -0.2) is 46.2 Å². The predicted octanol–water partition coefficient (Wildman–Crippen LogP) is 0.318. The second-order valence-electron chi connectivity index (χ2n) is 5.93. The summed E-state index contributed by atoms with van der Waals surface area (Å²) in [7, 11) is 0. The predicted molar refractivity (Wildman–Crippen MR) is 75.7 cm³/mol. The highest BCUT2D eigenvalue weighted by atomic mass is 16.8. The number of aromatic nitrogens is 2. The minimum absolute atomic E-state index is 0.0478. The summed E-state index contributed by atoms with van der Waals surface area (Å²) < 4.78 is 24.2. The smallest absolute Gasteiger partial charge is 0.302 e. The van der Waals surface area contributed by atoms with Crippen LogP contribution in [0.4, 0.5) is 5.82 Å². The Hall–Kier alpha value is -2.15. The van der Waals surface area contributed by atoms with Gasteiger partial charge in [-0.2, -0.15) is 5.26 Å². The molecule has 0 aliphatic carbocycles. The minimum Gasteiger partial charge on any atom is -0.463 e. The van der Waals surface area contributed by atoms with Crippen LogP contribution in [0, 0.1) is 11.3 Å². The zero-order valence-corrected chi connectivity index (χ0v) is 13.1. The first-order valence-electron chi connectivity index (χ1n) is 7.19. The molecule has 0 unspecified atom stereocenters. The number of imidazole rings is 1. The van der Waals surface area contributed by atoms with Gasteiger partial charge >= 0.3 is 5.97 Å². The van der Waals surface area contributed by atoms with Gasteiger partial charge in [-0.3, -0.25) is 9.36 Å². The highest BCUT2D eigenvalue weighted by Crippen LogP contribution is 2.43. The van der Waals surface area contributed by atoms with Crippen molar-refractivity contribution in [2.24, 2.45) is 0 Å². The third-order valence-electron chi connectivity index (χ3n) is 3.79. The molecule has 2 fully saturated rings. The number of esters is 1. The zero-order valence-electron chi connectivity index (χ0n) is 13.1. The van der Waals surface area contributed by atoms with Crippen LogP contribution in [0.5, 0.6) is 0 Å². The summed E-state index contributed by atoms with van der Waals surface area (Å²) >= 11 is 0. The molecule has 3 heterocycles. The van der Waals surface area contributed by atoms with E-state index in [0.29, 0.717) is 0 Å². The number of carbonyl (C=O) groups is 1. The summed E-state index contributed by atoms with van der Waals surface area (Å²) in [5.74, 6) is -1.00. The first-order chi connectivity index (χ1) is 10.8. The van der Waals surface area contributed by atoms with Gasteiger partial charge in [0, 0.05) is 6.92 Å². The van der Waals surface area contributed by atoms with Gasteiger partial charge in [-0.05, 0) is 13.8 Å². The van der Waals surface area contributed by atoms with Gasteiger partial charge in [0.25, 0.3) is 0 Å². The number of rotatable bonds is 3. The molecule has 0 amide bonds. The number of nitrogen functional groups attached to an aromatic ring is 1. The fraction of sp³-hybridized carbons (Fsp3) is 0.643. The summed E-state index contributed by atoms with van der Waals surface area (Å²) in [6.07, 6.45) is -0.548. The lowest BCUT2D eigenvalue weighted by molar-refractivity contribution is -0.202. The molecule has 0 spiro atoms. The molecular formula is C14H18N4O5. The van der Waals surface area contributed by atoms with Gasteiger partial charge in [-0.15, -0.1) is 0 Å². The van der Waals surface area contributed by atoms with Crippen LogP contribution >= 0.6 is 0 Å². The molecule has 0 radical (unpaired) electrons. The van der Waals surface area contributed by atoms with Crippen LogP contribution in [0.2, 0.25) is 0 Å². The van der Waals surface area contributed by atoms with Crippen LogP contribution in [0.3, 0.4) is 0 Å². The summed E-state index contributed by atoms with van der Waals surface area (Å²) in [4.78, 5) is 15.0. The first-order valence-corrected chi connectivity index (χ1v) is 7.19. The number of nitrogens with zero attached hydrogens (tertiary/aromatic N) is 3. The summed E-state index contributed by atoms with van der Waals surface area (Å²) in [5.41, 5.74) is 6.05. The Bertz CT molecular complexity index is 665. The van der Waals surface area contributed by atoms with Crippen molar-refractivity contribution < 1.29 is 23.7 Å². The maximum absolute atomic E-state index is 11.0. The van der Waals surface area contributed by atoms with Crippen LogP contribution in [0.1, 0.15) is 32.7 Å². The van der Waals surface area contributed by atoms with Gasteiger partial charge in [0.15, 0.2) is 17.7 Å². The van der Waals surface area contributed by atoms with Crippen molar-refractivity contribution in [3.8, 4) is 6.07 Å². The minimum atomic E-state index is -0.792. The van der Waals surface area contributed by atoms with Crippen molar-refractivity contribution in [2.75, 3.05) is 12.3 Å². The van der Waals surface area contributed by atoms with E-state index in [0.717, 1.165) is 0 Å². The van der Waals surface area contributed by atoms with E-state index in [1.165, 1.54) is 17.8 Å². The zero-order chi connectivity index (χ0) is 16.8. The average Bonchev–Trinajstić information content (AvgIpc) is 3.07. The Balaban J connectivity index is 1.87. The lowest BCUT2D eigenvalue weighted by Gasteiger charge is -2.24. The van der Waals surface area contributed by atoms with E-state index in [4.69, 9.17) is 29.9 Å². The lowest BCUT2D eigenvalue weighted by atomic mass is 10.1. The molecule has 2 saturated heterocycles. The number of nitriles is 1. The second kappa shape index (κ2) is 5.49. The first kappa shape index (κ1) is 15.7. The summed E-state index contributed by atoms with van der Waals surface area (Å²) in [6, 6.07) is 1.91. The van der Waals surface area contributed by atoms with Gasteiger partial charge in [0.2, 0.25) is 0 Å². The highest BCUT2D eigenvalue weighted by molar-refractivity contribution is 5.65. The number of anilines is 1. The van der Waals surface area contributed by atoms with Gasteiger partial charge in [-0.25, -0.2) is 4.98 Å². The van der Waals surface area contributed by atoms with Crippen LogP contribution in [0.15, 0.2) is 6.33 Å². The summed E-state index contributed by atoms with van der Waals surface area (Å²) in [5, 5.41) is 8.98. The molecule has 23 heavy (non-hydrogen) atoms. The molecule has 2 N–H and O–H groups in total. The number of hydrogen-bond acceptors (Lipinski definition) is 8. The number of hydrogen-bond donors (Lipinski definition) is 1. The van der Waals surface area contributed by atoms with Crippen molar-refractivity contribution >= 4 is 11.8 Å². The maximum atomic E-state index is 11.0. The SMILES string of the molecule is CC(=O)OC[C@H]1O[C@@H](n2cnc(C#N)c2N)[C@@H]2OC(C)(C)O[C@@H]21. The van der Waals surface area contributed by atoms with E-state index < -0.39 is 36.3 Å². The van der Waals surface area contributed by atoms with Crippen molar-refractivity contribution in [3.63, 3.8) is 0 Å². The molecule has 2 aliphatic rings. The third kappa shape index (κ3) is 2.76. The van der Waals surface area contributed by atoms with Gasteiger partial charge in [-0.1, -0.05) is 0 Å². The average molecular weight is 322 g/mol. The number of nitrogens with two attached hydrogens (primary N) is 1. The van der Waals surface area contributed by atoms with E-state index >= 15 is 0 Å². The molecule has 0 saturated carbocycles. The Labute approximate surface area is 132 Å². The third-order valence-corrected chi connectivity index (χ3v) is 3.79. The Morgan fingerprint density at radius 1 is 1.52 bits per heavy atom. The second-order valence-corrected chi connectivity index (χ2v) is 5.93. The molecule has 1 aromatic heterocycles. The molecule has 124 valence electrons. The Kier molecular flexibility index (Phi) is 3.75. The monoisotopic (exact) mass is 322 g/mol. The van der Waals surface area contributed by atoms with Crippen molar-refractivity contribution in [1.29, 1.82) is 5.26 Å². The van der Waals surface area contributed by atoms with E-state index in [2.05, 4.69) is 4.98 Å². The molecule has 3 rings (SSSR count). The topological polar surface area (TPSA) is 122 Å². The number of carbonyl (C=O) groups excluding carboxylic acids is 1. The maximum Gasteiger partial charge on any atom is 0.302 e. The highest BCUT2D eigenvalue weighted by Gasteiger charge is 2.56. The number of fused-ring (bicyclic) bond motifs is 1. The quantitative estimate of drug-likeness (QED) is 0.789. The lowest BCUT2D eigenvalue weighted by Crippen LogP contribution is -2.33. The van der Waals surface area contributed by atoms with Crippen molar-refractivity contribution in [2.45, 2.75) is 51.1 Å². The molecule has 0 bridgehead atoms. The van der Waals surface area contributed by atoms with E-state index in [1.807, 2.05) is 6.07 Å². The van der Waals surface area contributed by atoms with Crippen molar-refractivity contribution in [3.05, 3.63) is 12.0 Å². The van der Waals surface area contributed by atoms with Crippen molar-refractivity contribution in [1.82, 2.24) is 9.55 Å². The fourth-order valence-corrected chi connectivity index (χ4v) is 2.88. The molecule has 0 aromatic carbocycles. The van der Waals surface area contributed by atoms with E-state index in [-0.39, 0.29) is 18.1 Å². The van der Waals surface area contributed by atoms with E-state index in [1.54, 1.807) is 13.8 Å². The summed E-state index contributed by atoms with van der Waals surface area (Å²) in [6.45, 7) is 4.96. The Morgan fingerprint density at radius 3 is 2.83 bits per heavy atom. The molecule has 4 atom stereocenters. The molecule has 9 heteroatoms. The largest absolute Gasteiger partial charge is 0.463 e. The molecule has 2 aliphatic heterocycles. The number of ether oxygens (including phenoxy) is 4. The van der Waals surface area contributed by atoms with Gasteiger partial charge in [0.1, 0.15) is 43.1 Å². The fourth-order valence-electron chi connectivity index (χ4n) is 2.88. The van der Waals surface area contributed by atoms with Crippen LogP contribution in [-0.2, 0) is 23.7 Å². The van der Waals surface area contributed by atoms with E-state index in [9.17, 15) is 4.79 Å². The van der Waals surface area contributed by atoms with Gasteiger partial charge < -0.3 is 24.7 Å². The van der Waals surface area contributed by atoms with Crippen LogP contribution in [0.25, 0.3) is 0 Å². The normalized spacial score (nSPS) is 31.6. The molecular weight excluding hydrogens is 304 g/mol. The standard InChI is InChI=1S/C14H18N4O5/c1-7(19)20-5-9-10-11(23-14(2,3)22-10)13(21-9)18-6-17-8(4-15)12(18)16/h6,9-11,13H,5,16H2,1-3H3/t9-,10-,11-,13-/m1/s1. The van der Waals surface area contributed by atoms with Gasteiger partial charge in [0.05, 0.1) is 0 Å². The van der Waals surface area contributed by atoms with Crippen LogP contribution < -0.4 is 5.73 Å². The molecule has 1 aromatic rings.